The van der Waals surface area contributed by atoms with Crippen LogP contribution in [0.15, 0.2) is 0 Å². The number of halogens is 1. The number of carbonyl (C=O) groups is 1. The third-order valence-corrected chi connectivity index (χ3v) is 2.70. The SMILES string of the molecule is CC1CCCC(C(=O)NCCF)C1. The van der Waals surface area contributed by atoms with Crippen LogP contribution < -0.4 is 5.32 Å². The zero-order valence-corrected chi connectivity index (χ0v) is 8.18. The van der Waals surface area contributed by atoms with E-state index in [-0.39, 0.29) is 18.4 Å². The predicted octanol–water partition coefficient (Wildman–Crippen LogP) is 1.90. The second kappa shape index (κ2) is 5.20. The van der Waals surface area contributed by atoms with Crippen molar-refractivity contribution >= 4 is 5.91 Å². The fraction of sp³-hybridized carbons (Fsp3) is 0.900. The van der Waals surface area contributed by atoms with E-state index in [1.165, 1.54) is 6.42 Å². The maximum absolute atomic E-state index is 11.8. The highest BCUT2D eigenvalue weighted by Gasteiger charge is 2.24. The third kappa shape index (κ3) is 3.33. The van der Waals surface area contributed by atoms with Gasteiger partial charge in [-0.3, -0.25) is 4.79 Å². The molecule has 1 saturated carbocycles. The molecule has 0 aliphatic heterocycles. The van der Waals surface area contributed by atoms with Crippen LogP contribution in [-0.4, -0.2) is 19.1 Å². The fourth-order valence-electron chi connectivity index (χ4n) is 1.99. The van der Waals surface area contributed by atoms with Gasteiger partial charge in [-0.1, -0.05) is 19.8 Å². The standard InChI is InChI=1S/C10H18FNO/c1-8-3-2-4-9(7-8)10(13)12-6-5-11/h8-9H,2-7H2,1H3,(H,12,13). The van der Waals surface area contributed by atoms with Gasteiger partial charge in [0, 0.05) is 12.5 Å². The molecule has 13 heavy (non-hydrogen) atoms. The largest absolute Gasteiger partial charge is 0.353 e. The summed E-state index contributed by atoms with van der Waals surface area (Å²) in [6.45, 7) is 1.88. The molecule has 0 spiro atoms. The topological polar surface area (TPSA) is 29.1 Å². The number of alkyl halides is 1. The predicted molar refractivity (Wildman–Crippen MR) is 50.1 cm³/mol. The molecule has 1 aliphatic carbocycles. The van der Waals surface area contributed by atoms with Crippen molar-refractivity contribution in [1.82, 2.24) is 5.32 Å². The maximum Gasteiger partial charge on any atom is 0.223 e. The summed E-state index contributed by atoms with van der Waals surface area (Å²) in [6, 6.07) is 0. The molecule has 1 fully saturated rings. The van der Waals surface area contributed by atoms with E-state index in [1.54, 1.807) is 0 Å². The van der Waals surface area contributed by atoms with E-state index in [9.17, 15) is 9.18 Å². The number of nitrogens with one attached hydrogen (secondary N) is 1. The van der Waals surface area contributed by atoms with Gasteiger partial charge in [0.1, 0.15) is 6.67 Å². The number of hydrogen-bond donors (Lipinski definition) is 1. The van der Waals surface area contributed by atoms with Gasteiger partial charge in [-0.15, -0.1) is 0 Å². The van der Waals surface area contributed by atoms with Crippen molar-refractivity contribution in [3.8, 4) is 0 Å². The summed E-state index contributed by atoms with van der Waals surface area (Å²) in [7, 11) is 0. The lowest BCUT2D eigenvalue weighted by Crippen LogP contribution is -2.34. The Labute approximate surface area is 78.9 Å². The van der Waals surface area contributed by atoms with Crippen LogP contribution in [0, 0.1) is 11.8 Å². The van der Waals surface area contributed by atoms with E-state index in [4.69, 9.17) is 0 Å². The van der Waals surface area contributed by atoms with Crippen molar-refractivity contribution in [3.05, 3.63) is 0 Å². The summed E-state index contributed by atoms with van der Waals surface area (Å²) in [5, 5.41) is 2.61. The molecule has 76 valence electrons. The van der Waals surface area contributed by atoms with Gasteiger partial charge in [0.2, 0.25) is 5.91 Å². The van der Waals surface area contributed by atoms with E-state index in [1.807, 2.05) is 0 Å². The van der Waals surface area contributed by atoms with Crippen LogP contribution in [0.5, 0.6) is 0 Å². The van der Waals surface area contributed by atoms with Crippen LogP contribution in [0.2, 0.25) is 0 Å². The first-order chi connectivity index (χ1) is 6.24. The molecule has 2 unspecified atom stereocenters. The Kier molecular flexibility index (Phi) is 4.19. The van der Waals surface area contributed by atoms with Gasteiger partial charge in [-0.05, 0) is 18.8 Å². The molecule has 1 N–H and O–H groups in total. The molecule has 2 nitrogen and oxygen atoms in total. The van der Waals surface area contributed by atoms with Crippen LogP contribution >= 0.6 is 0 Å². The van der Waals surface area contributed by atoms with Gasteiger partial charge in [-0.25, -0.2) is 4.39 Å². The smallest absolute Gasteiger partial charge is 0.223 e. The Balaban J connectivity index is 2.28. The normalized spacial score (nSPS) is 28.5. The first-order valence-electron chi connectivity index (χ1n) is 5.07. The van der Waals surface area contributed by atoms with E-state index < -0.39 is 6.67 Å². The van der Waals surface area contributed by atoms with E-state index in [2.05, 4.69) is 12.2 Å². The number of hydrogen-bond acceptors (Lipinski definition) is 1. The molecule has 1 rings (SSSR count). The van der Waals surface area contributed by atoms with Gasteiger partial charge in [0.25, 0.3) is 0 Å². The lowest BCUT2D eigenvalue weighted by atomic mass is 9.82. The summed E-state index contributed by atoms with van der Waals surface area (Å²) in [6.07, 6.45) is 4.31. The molecule has 0 aromatic rings. The minimum Gasteiger partial charge on any atom is -0.353 e. The summed E-state index contributed by atoms with van der Waals surface area (Å²) in [5.41, 5.74) is 0. The van der Waals surface area contributed by atoms with Crippen molar-refractivity contribution < 1.29 is 9.18 Å². The van der Waals surface area contributed by atoms with Crippen molar-refractivity contribution in [2.45, 2.75) is 32.6 Å². The highest BCUT2D eigenvalue weighted by Crippen LogP contribution is 2.28. The van der Waals surface area contributed by atoms with Crippen LogP contribution in [0.1, 0.15) is 32.6 Å². The van der Waals surface area contributed by atoms with E-state index >= 15 is 0 Å². The summed E-state index contributed by atoms with van der Waals surface area (Å²) < 4.78 is 11.8. The highest BCUT2D eigenvalue weighted by atomic mass is 19.1. The van der Waals surface area contributed by atoms with Crippen molar-refractivity contribution in [3.63, 3.8) is 0 Å². The highest BCUT2D eigenvalue weighted by molar-refractivity contribution is 5.78. The minimum absolute atomic E-state index is 0.0456. The number of rotatable bonds is 3. The quantitative estimate of drug-likeness (QED) is 0.718. The first-order valence-corrected chi connectivity index (χ1v) is 5.07. The molecule has 2 atom stereocenters. The number of amides is 1. The Morgan fingerprint density at radius 1 is 1.54 bits per heavy atom. The van der Waals surface area contributed by atoms with E-state index in [0.29, 0.717) is 5.92 Å². The van der Waals surface area contributed by atoms with Crippen LogP contribution in [0.4, 0.5) is 4.39 Å². The molecule has 0 bridgehead atoms. The Bertz CT molecular complexity index is 172. The first kappa shape index (κ1) is 10.5. The van der Waals surface area contributed by atoms with Crippen molar-refractivity contribution in [2.24, 2.45) is 11.8 Å². The second-order valence-corrected chi connectivity index (χ2v) is 3.95. The number of carbonyl (C=O) groups excluding carboxylic acids is 1. The Morgan fingerprint density at radius 3 is 2.92 bits per heavy atom. The second-order valence-electron chi connectivity index (χ2n) is 3.95. The maximum atomic E-state index is 11.8. The molecule has 0 aromatic heterocycles. The lowest BCUT2D eigenvalue weighted by molar-refractivity contribution is -0.126. The zero-order valence-electron chi connectivity index (χ0n) is 8.18. The van der Waals surface area contributed by atoms with E-state index in [0.717, 1.165) is 19.3 Å². The Morgan fingerprint density at radius 2 is 2.31 bits per heavy atom. The fourth-order valence-corrected chi connectivity index (χ4v) is 1.99. The summed E-state index contributed by atoms with van der Waals surface area (Å²) in [5.74, 6) is 0.828. The van der Waals surface area contributed by atoms with Gasteiger partial charge in [-0.2, -0.15) is 0 Å². The third-order valence-electron chi connectivity index (χ3n) is 2.70. The monoisotopic (exact) mass is 187 g/mol. The molecule has 0 saturated heterocycles. The average molecular weight is 187 g/mol. The van der Waals surface area contributed by atoms with Gasteiger partial charge in [0.05, 0.1) is 0 Å². The zero-order chi connectivity index (χ0) is 9.68. The molecular formula is C10H18FNO. The summed E-state index contributed by atoms with van der Waals surface area (Å²) >= 11 is 0. The minimum atomic E-state index is -0.464. The van der Waals surface area contributed by atoms with Gasteiger partial charge >= 0.3 is 0 Å². The van der Waals surface area contributed by atoms with Crippen molar-refractivity contribution in [1.29, 1.82) is 0 Å². The van der Waals surface area contributed by atoms with Crippen molar-refractivity contribution in [2.75, 3.05) is 13.2 Å². The molecule has 1 aliphatic rings. The average Bonchev–Trinajstić information content (AvgIpc) is 2.14. The van der Waals surface area contributed by atoms with Gasteiger partial charge in [0.15, 0.2) is 0 Å². The molecule has 0 heterocycles. The molecular weight excluding hydrogens is 169 g/mol. The molecule has 1 amide bonds. The lowest BCUT2D eigenvalue weighted by Gasteiger charge is -2.25. The summed E-state index contributed by atoms with van der Waals surface area (Å²) in [4.78, 5) is 11.4. The molecule has 0 radical (unpaired) electrons. The van der Waals surface area contributed by atoms with Crippen LogP contribution in [-0.2, 0) is 4.79 Å². The molecule has 3 heteroatoms. The van der Waals surface area contributed by atoms with Gasteiger partial charge < -0.3 is 5.32 Å². The molecule has 0 aromatic carbocycles. The Hall–Kier alpha value is -0.600. The van der Waals surface area contributed by atoms with Crippen LogP contribution in [0.3, 0.4) is 0 Å². The van der Waals surface area contributed by atoms with Crippen LogP contribution in [0.25, 0.3) is 0 Å².